The lowest BCUT2D eigenvalue weighted by Crippen LogP contribution is -2.48. The molecular formula is C17H17BrFN5O2. The molecule has 2 amide bonds. The van der Waals surface area contributed by atoms with Crippen LogP contribution in [0.2, 0.25) is 0 Å². The number of carbonyl (C=O) groups is 2. The average Bonchev–Trinajstić information content (AvgIpc) is 2.60. The van der Waals surface area contributed by atoms with Gasteiger partial charge in [-0.25, -0.2) is 9.37 Å². The number of amides is 2. The minimum atomic E-state index is -0.812. The first-order chi connectivity index (χ1) is 12.4. The second-order valence-electron chi connectivity index (χ2n) is 5.86. The Morgan fingerprint density at radius 1 is 1.08 bits per heavy atom. The van der Waals surface area contributed by atoms with Gasteiger partial charge in [-0.2, -0.15) is 0 Å². The van der Waals surface area contributed by atoms with E-state index in [2.05, 4.69) is 20.9 Å². The lowest BCUT2D eigenvalue weighted by molar-refractivity contribution is 0.0989. The molecule has 2 heterocycles. The Kier molecular flexibility index (Phi) is 5.08. The molecule has 4 N–H and O–H groups in total. The van der Waals surface area contributed by atoms with Crippen LogP contribution in [0.15, 0.2) is 34.9 Å². The zero-order chi connectivity index (χ0) is 18.8. The maximum Gasteiger partial charge on any atom is 0.253 e. The topological polar surface area (TPSA) is 106 Å². The van der Waals surface area contributed by atoms with Gasteiger partial charge in [0.25, 0.3) is 11.8 Å². The summed E-state index contributed by atoms with van der Waals surface area (Å²) in [5.41, 5.74) is 11.4. The van der Waals surface area contributed by atoms with Gasteiger partial charge in [0, 0.05) is 36.8 Å². The molecule has 1 saturated heterocycles. The number of nitrogens with two attached hydrogens (primary N) is 2. The van der Waals surface area contributed by atoms with Gasteiger partial charge >= 0.3 is 0 Å². The molecule has 1 fully saturated rings. The van der Waals surface area contributed by atoms with Gasteiger partial charge in [-0.05, 0) is 24.3 Å². The van der Waals surface area contributed by atoms with Crippen LogP contribution in [0.4, 0.5) is 15.9 Å². The fourth-order valence-corrected chi connectivity index (χ4v) is 3.47. The Bertz CT molecular complexity index is 868. The largest absolute Gasteiger partial charge is 0.367 e. The van der Waals surface area contributed by atoms with Gasteiger partial charge in [0.15, 0.2) is 0 Å². The monoisotopic (exact) mass is 421 g/mol. The van der Waals surface area contributed by atoms with Gasteiger partial charge in [0.2, 0.25) is 0 Å². The second kappa shape index (κ2) is 7.28. The van der Waals surface area contributed by atoms with Crippen molar-refractivity contribution in [1.29, 1.82) is 0 Å². The van der Waals surface area contributed by atoms with Crippen LogP contribution in [0, 0.1) is 5.82 Å². The molecule has 2 aromatic rings. The van der Waals surface area contributed by atoms with Gasteiger partial charge in [-0.3, -0.25) is 9.59 Å². The summed E-state index contributed by atoms with van der Waals surface area (Å²) >= 11 is 3.25. The van der Waals surface area contributed by atoms with Crippen LogP contribution in [0.3, 0.4) is 0 Å². The molecule has 0 spiro atoms. The zero-order valence-corrected chi connectivity index (χ0v) is 15.4. The maximum atomic E-state index is 14.2. The van der Waals surface area contributed by atoms with Gasteiger partial charge in [0.05, 0.1) is 16.8 Å². The summed E-state index contributed by atoms with van der Waals surface area (Å²) < 4.78 is 14.7. The van der Waals surface area contributed by atoms with Crippen molar-refractivity contribution in [3.63, 3.8) is 0 Å². The van der Waals surface area contributed by atoms with Crippen LogP contribution in [0.5, 0.6) is 0 Å². The summed E-state index contributed by atoms with van der Waals surface area (Å²) in [5, 5.41) is 0. The predicted octanol–water partition coefficient (Wildman–Crippen LogP) is 1.51. The number of primary amides is 2. The predicted molar refractivity (Wildman–Crippen MR) is 99.8 cm³/mol. The van der Waals surface area contributed by atoms with Gasteiger partial charge in [0.1, 0.15) is 11.6 Å². The highest BCUT2D eigenvalue weighted by molar-refractivity contribution is 9.10. The number of carbonyl (C=O) groups excluding carboxylic acids is 2. The van der Waals surface area contributed by atoms with Crippen LogP contribution in [0.25, 0.3) is 0 Å². The van der Waals surface area contributed by atoms with Crippen molar-refractivity contribution in [2.45, 2.75) is 0 Å². The molecule has 1 aliphatic rings. The second-order valence-corrected chi connectivity index (χ2v) is 6.77. The molecule has 0 atom stereocenters. The lowest BCUT2D eigenvalue weighted by atomic mass is 10.1. The standard InChI is InChI=1S/C17H17BrFN5O2/c18-10-8-12(19)14(16(21)26)13(9-10)23-4-6-24(7-5-23)17-11(15(20)25)2-1-3-22-17/h1-3,8-9H,4-7H2,(H2,20,25)(H2,21,26). The van der Waals surface area contributed by atoms with Crippen molar-refractivity contribution in [2.75, 3.05) is 36.0 Å². The quantitative estimate of drug-likeness (QED) is 0.777. The van der Waals surface area contributed by atoms with E-state index in [1.54, 1.807) is 24.4 Å². The molecule has 0 saturated carbocycles. The third kappa shape index (κ3) is 3.48. The summed E-state index contributed by atoms with van der Waals surface area (Å²) in [6.07, 6.45) is 1.60. The van der Waals surface area contributed by atoms with Gasteiger partial charge in [-0.15, -0.1) is 0 Å². The van der Waals surface area contributed by atoms with Crippen LogP contribution in [0.1, 0.15) is 20.7 Å². The highest BCUT2D eigenvalue weighted by atomic mass is 79.9. The molecular weight excluding hydrogens is 405 g/mol. The van der Waals surface area contributed by atoms with E-state index >= 15 is 0 Å². The van der Waals surface area contributed by atoms with Gasteiger partial charge in [-0.1, -0.05) is 15.9 Å². The number of pyridine rings is 1. The fourth-order valence-electron chi connectivity index (χ4n) is 3.05. The van der Waals surface area contributed by atoms with Crippen molar-refractivity contribution < 1.29 is 14.0 Å². The van der Waals surface area contributed by atoms with E-state index in [1.807, 2.05) is 9.80 Å². The summed E-state index contributed by atoms with van der Waals surface area (Å²) in [5.74, 6) is -1.49. The van der Waals surface area contributed by atoms with Gasteiger partial charge < -0.3 is 21.3 Å². The minimum Gasteiger partial charge on any atom is -0.367 e. The number of anilines is 2. The molecule has 136 valence electrons. The zero-order valence-electron chi connectivity index (χ0n) is 13.8. The first-order valence-corrected chi connectivity index (χ1v) is 8.71. The van der Waals surface area contributed by atoms with Crippen LogP contribution >= 0.6 is 15.9 Å². The van der Waals surface area contributed by atoms with E-state index in [0.29, 0.717) is 47.7 Å². The Morgan fingerprint density at radius 3 is 2.35 bits per heavy atom. The molecule has 0 unspecified atom stereocenters. The number of hydrogen-bond donors (Lipinski definition) is 2. The molecule has 0 radical (unpaired) electrons. The van der Waals surface area contributed by atoms with E-state index in [9.17, 15) is 14.0 Å². The normalized spacial score (nSPS) is 14.4. The smallest absolute Gasteiger partial charge is 0.253 e. The molecule has 9 heteroatoms. The minimum absolute atomic E-state index is 0.127. The lowest BCUT2D eigenvalue weighted by Gasteiger charge is -2.37. The number of rotatable bonds is 4. The summed E-state index contributed by atoms with van der Waals surface area (Å²) in [4.78, 5) is 31.3. The van der Waals surface area contributed by atoms with Crippen LogP contribution in [-0.2, 0) is 0 Å². The van der Waals surface area contributed by atoms with Crippen molar-refractivity contribution in [1.82, 2.24) is 4.98 Å². The van der Waals surface area contributed by atoms with Crippen molar-refractivity contribution in [3.8, 4) is 0 Å². The highest BCUT2D eigenvalue weighted by Gasteiger charge is 2.26. The molecule has 26 heavy (non-hydrogen) atoms. The first-order valence-electron chi connectivity index (χ1n) is 7.92. The molecule has 7 nitrogen and oxygen atoms in total. The first kappa shape index (κ1) is 18.1. The summed E-state index contributed by atoms with van der Waals surface area (Å²) in [6.45, 7) is 2.07. The third-order valence-electron chi connectivity index (χ3n) is 4.25. The summed E-state index contributed by atoms with van der Waals surface area (Å²) in [6, 6.07) is 6.18. The summed E-state index contributed by atoms with van der Waals surface area (Å²) in [7, 11) is 0. The van der Waals surface area contributed by atoms with E-state index in [0.717, 1.165) is 0 Å². The number of piperazine rings is 1. The number of nitrogens with zero attached hydrogens (tertiary/aromatic N) is 3. The van der Waals surface area contributed by atoms with E-state index in [4.69, 9.17) is 11.5 Å². The maximum absolute atomic E-state index is 14.2. The third-order valence-corrected chi connectivity index (χ3v) is 4.71. The number of aromatic nitrogens is 1. The SMILES string of the molecule is NC(=O)c1cccnc1N1CCN(c2cc(Br)cc(F)c2C(N)=O)CC1. The van der Waals surface area contributed by atoms with Crippen LogP contribution in [-0.4, -0.2) is 43.0 Å². The van der Waals surface area contributed by atoms with E-state index in [1.165, 1.54) is 6.07 Å². The molecule has 3 rings (SSSR count). The van der Waals surface area contributed by atoms with E-state index in [-0.39, 0.29) is 5.56 Å². The molecule has 1 aliphatic heterocycles. The fraction of sp³-hybridized carbons (Fsp3) is 0.235. The highest BCUT2D eigenvalue weighted by Crippen LogP contribution is 2.29. The molecule has 1 aromatic heterocycles. The van der Waals surface area contributed by atoms with E-state index < -0.39 is 17.6 Å². The van der Waals surface area contributed by atoms with Crippen molar-refractivity contribution in [2.24, 2.45) is 11.5 Å². The molecule has 0 aliphatic carbocycles. The Labute approximate surface area is 157 Å². The van der Waals surface area contributed by atoms with Crippen molar-refractivity contribution >= 4 is 39.2 Å². The number of halogens is 2. The van der Waals surface area contributed by atoms with Crippen molar-refractivity contribution in [3.05, 3.63) is 51.9 Å². The Hall–Kier alpha value is -2.68. The molecule has 0 bridgehead atoms. The number of benzene rings is 1. The molecule has 1 aromatic carbocycles. The Morgan fingerprint density at radius 2 is 1.73 bits per heavy atom. The average molecular weight is 422 g/mol. The van der Waals surface area contributed by atoms with Crippen LogP contribution < -0.4 is 21.3 Å². The number of hydrogen-bond acceptors (Lipinski definition) is 5. The Balaban J connectivity index is 1.84.